The molecule has 0 radical (unpaired) electrons. The number of hydrogen-bond donors (Lipinski definition) is 1. The van der Waals surface area contributed by atoms with Gasteiger partial charge in [-0.2, -0.15) is 0 Å². The number of piperidine rings is 1. The summed E-state index contributed by atoms with van der Waals surface area (Å²) in [4.78, 5) is 2.46. The van der Waals surface area contributed by atoms with Crippen molar-refractivity contribution in [1.29, 1.82) is 0 Å². The summed E-state index contributed by atoms with van der Waals surface area (Å²) in [5.41, 5.74) is 0. The van der Waals surface area contributed by atoms with Crippen LogP contribution in [0.5, 0.6) is 0 Å². The number of nitrogens with zero attached hydrogens (tertiary/aromatic N) is 1. The second-order valence-electron chi connectivity index (χ2n) is 6.26. The van der Waals surface area contributed by atoms with E-state index in [9.17, 15) is 0 Å². The molecular formula is C14H28N2. The van der Waals surface area contributed by atoms with Gasteiger partial charge in [0.15, 0.2) is 0 Å². The van der Waals surface area contributed by atoms with Crippen LogP contribution in [0.15, 0.2) is 0 Å². The van der Waals surface area contributed by atoms with Crippen molar-refractivity contribution in [2.75, 3.05) is 26.7 Å². The zero-order valence-corrected chi connectivity index (χ0v) is 11.2. The fourth-order valence-corrected chi connectivity index (χ4v) is 2.97. The molecule has 1 saturated carbocycles. The molecule has 2 aliphatic rings. The second kappa shape index (κ2) is 5.50. The Morgan fingerprint density at radius 3 is 2.25 bits per heavy atom. The first-order valence-corrected chi connectivity index (χ1v) is 7.08. The van der Waals surface area contributed by atoms with Gasteiger partial charge in [0, 0.05) is 6.04 Å². The van der Waals surface area contributed by atoms with Crippen LogP contribution in [0.3, 0.4) is 0 Å². The van der Waals surface area contributed by atoms with Crippen molar-refractivity contribution in [3.05, 3.63) is 0 Å². The van der Waals surface area contributed by atoms with Gasteiger partial charge in [-0.25, -0.2) is 0 Å². The molecule has 1 saturated heterocycles. The van der Waals surface area contributed by atoms with Crippen molar-refractivity contribution in [1.82, 2.24) is 10.2 Å². The van der Waals surface area contributed by atoms with Crippen LogP contribution < -0.4 is 5.32 Å². The fraction of sp³-hybridized carbons (Fsp3) is 1.00. The van der Waals surface area contributed by atoms with Gasteiger partial charge >= 0.3 is 0 Å². The summed E-state index contributed by atoms with van der Waals surface area (Å²) >= 11 is 0. The molecule has 1 aliphatic carbocycles. The molecule has 16 heavy (non-hydrogen) atoms. The SMILES string of the molecule is CC(C)C(NCC1CCN(C)CC1)C1CC1. The van der Waals surface area contributed by atoms with E-state index in [4.69, 9.17) is 0 Å². The van der Waals surface area contributed by atoms with Crippen molar-refractivity contribution in [3.63, 3.8) is 0 Å². The van der Waals surface area contributed by atoms with E-state index in [0.29, 0.717) is 0 Å². The summed E-state index contributed by atoms with van der Waals surface area (Å²) in [6.07, 6.45) is 5.70. The highest BCUT2D eigenvalue weighted by Crippen LogP contribution is 2.35. The van der Waals surface area contributed by atoms with Gasteiger partial charge in [0.05, 0.1) is 0 Å². The lowest BCUT2D eigenvalue weighted by molar-refractivity contribution is 0.206. The van der Waals surface area contributed by atoms with Gasteiger partial charge < -0.3 is 10.2 Å². The average molecular weight is 224 g/mol. The second-order valence-corrected chi connectivity index (χ2v) is 6.26. The largest absolute Gasteiger partial charge is 0.313 e. The Hall–Kier alpha value is -0.0800. The minimum Gasteiger partial charge on any atom is -0.313 e. The standard InChI is InChI=1S/C14H28N2/c1-11(2)14(13-4-5-13)15-10-12-6-8-16(3)9-7-12/h11-15H,4-10H2,1-3H3. The number of hydrogen-bond acceptors (Lipinski definition) is 2. The van der Waals surface area contributed by atoms with Crippen molar-refractivity contribution < 1.29 is 0 Å². The maximum atomic E-state index is 3.85. The first kappa shape index (κ1) is 12.4. The minimum atomic E-state index is 0.791. The van der Waals surface area contributed by atoms with E-state index in [2.05, 4.69) is 31.1 Å². The monoisotopic (exact) mass is 224 g/mol. The van der Waals surface area contributed by atoms with Crippen LogP contribution in [-0.2, 0) is 0 Å². The first-order chi connectivity index (χ1) is 7.66. The van der Waals surface area contributed by atoms with Gasteiger partial charge in [0.25, 0.3) is 0 Å². The molecule has 2 rings (SSSR count). The fourth-order valence-electron chi connectivity index (χ4n) is 2.97. The molecule has 1 unspecified atom stereocenters. The maximum absolute atomic E-state index is 3.85. The lowest BCUT2D eigenvalue weighted by Gasteiger charge is -2.31. The molecule has 0 bridgehead atoms. The van der Waals surface area contributed by atoms with Gasteiger partial charge in [-0.05, 0) is 70.1 Å². The normalized spacial score (nSPS) is 26.2. The first-order valence-electron chi connectivity index (χ1n) is 7.08. The summed E-state index contributed by atoms with van der Waals surface area (Å²) in [5, 5.41) is 3.85. The summed E-state index contributed by atoms with van der Waals surface area (Å²) < 4.78 is 0. The highest BCUT2D eigenvalue weighted by molar-refractivity contribution is 4.89. The smallest absolute Gasteiger partial charge is 0.0118 e. The van der Waals surface area contributed by atoms with E-state index in [1.165, 1.54) is 45.3 Å². The Morgan fingerprint density at radius 2 is 1.75 bits per heavy atom. The Morgan fingerprint density at radius 1 is 1.12 bits per heavy atom. The van der Waals surface area contributed by atoms with Crippen LogP contribution >= 0.6 is 0 Å². The molecule has 94 valence electrons. The molecule has 2 heteroatoms. The molecule has 1 N–H and O–H groups in total. The predicted molar refractivity (Wildman–Crippen MR) is 69.6 cm³/mol. The minimum absolute atomic E-state index is 0.791. The zero-order chi connectivity index (χ0) is 11.5. The molecule has 0 aromatic rings. The van der Waals surface area contributed by atoms with Gasteiger partial charge in [-0.1, -0.05) is 13.8 Å². The third-order valence-electron chi connectivity index (χ3n) is 4.33. The molecule has 1 atom stereocenters. The third-order valence-corrected chi connectivity index (χ3v) is 4.33. The Kier molecular flexibility index (Phi) is 4.26. The highest BCUT2D eigenvalue weighted by Gasteiger charge is 2.33. The van der Waals surface area contributed by atoms with E-state index in [1.807, 2.05) is 0 Å². The summed E-state index contributed by atoms with van der Waals surface area (Å²) in [6, 6.07) is 0.791. The van der Waals surface area contributed by atoms with Crippen molar-refractivity contribution in [2.45, 2.75) is 45.6 Å². The van der Waals surface area contributed by atoms with Crippen molar-refractivity contribution in [3.8, 4) is 0 Å². The molecule has 2 nitrogen and oxygen atoms in total. The van der Waals surface area contributed by atoms with Gasteiger partial charge in [-0.15, -0.1) is 0 Å². The van der Waals surface area contributed by atoms with Gasteiger partial charge in [0.1, 0.15) is 0 Å². The maximum Gasteiger partial charge on any atom is 0.0118 e. The summed E-state index contributed by atoms with van der Waals surface area (Å²) in [7, 11) is 2.24. The Bertz CT molecular complexity index is 201. The molecule has 2 fully saturated rings. The average Bonchev–Trinajstić information content (AvgIpc) is 3.05. The number of likely N-dealkylation sites (tertiary alicyclic amines) is 1. The van der Waals surface area contributed by atoms with Crippen LogP contribution in [0.2, 0.25) is 0 Å². The van der Waals surface area contributed by atoms with E-state index >= 15 is 0 Å². The van der Waals surface area contributed by atoms with E-state index in [1.54, 1.807) is 0 Å². The topological polar surface area (TPSA) is 15.3 Å². The van der Waals surface area contributed by atoms with Crippen LogP contribution in [0, 0.1) is 17.8 Å². The van der Waals surface area contributed by atoms with Crippen LogP contribution in [0.4, 0.5) is 0 Å². The molecule has 1 heterocycles. The highest BCUT2D eigenvalue weighted by atomic mass is 15.1. The Labute approximate surface area is 101 Å². The third kappa shape index (κ3) is 3.46. The lowest BCUT2D eigenvalue weighted by Crippen LogP contribution is -2.41. The predicted octanol–water partition coefficient (Wildman–Crippen LogP) is 2.35. The summed E-state index contributed by atoms with van der Waals surface area (Å²) in [5.74, 6) is 2.72. The van der Waals surface area contributed by atoms with Crippen LogP contribution in [-0.4, -0.2) is 37.6 Å². The molecule has 0 spiro atoms. The zero-order valence-electron chi connectivity index (χ0n) is 11.2. The van der Waals surface area contributed by atoms with E-state index in [0.717, 1.165) is 23.8 Å². The number of rotatable bonds is 5. The number of nitrogens with one attached hydrogen (secondary N) is 1. The molecule has 0 aromatic heterocycles. The van der Waals surface area contributed by atoms with Crippen molar-refractivity contribution >= 4 is 0 Å². The molecule has 0 amide bonds. The molecule has 1 aliphatic heterocycles. The molecule has 0 aromatic carbocycles. The van der Waals surface area contributed by atoms with E-state index < -0.39 is 0 Å². The van der Waals surface area contributed by atoms with Crippen LogP contribution in [0.1, 0.15) is 39.5 Å². The van der Waals surface area contributed by atoms with Gasteiger partial charge in [0.2, 0.25) is 0 Å². The molecular weight excluding hydrogens is 196 g/mol. The summed E-state index contributed by atoms with van der Waals surface area (Å²) in [6.45, 7) is 8.58. The Balaban J connectivity index is 1.69. The quantitative estimate of drug-likeness (QED) is 0.771. The van der Waals surface area contributed by atoms with E-state index in [-0.39, 0.29) is 0 Å². The van der Waals surface area contributed by atoms with Gasteiger partial charge in [-0.3, -0.25) is 0 Å². The lowest BCUT2D eigenvalue weighted by atomic mass is 9.94. The van der Waals surface area contributed by atoms with Crippen LogP contribution in [0.25, 0.3) is 0 Å². The van der Waals surface area contributed by atoms with Crippen molar-refractivity contribution in [2.24, 2.45) is 17.8 Å².